The van der Waals surface area contributed by atoms with Gasteiger partial charge in [-0.2, -0.15) is 0 Å². The van der Waals surface area contributed by atoms with E-state index < -0.39 is 12.1 Å². The second-order valence-corrected chi connectivity index (χ2v) is 3.74. The average Bonchev–Trinajstić information content (AvgIpc) is 2.56. The van der Waals surface area contributed by atoms with Crippen LogP contribution in [0.3, 0.4) is 0 Å². The molecule has 0 amide bonds. The van der Waals surface area contributed by atoms with E-state index in [-0.39, 0.29) is 12.2 Å². The van der Waals surface area contributed by atoms with Gasteiger partial charge in [-0.25, -0.2) is 0 Å². The molecule has 0 radical (unpaired) electrons. The van der Waals surface area contributed by atoms with E-state index in [9.17, 15) is 0 Å². The lowest BCUT2D eigenvalue weighted by atomic mass is 10.2. The molecule has 0 aromatic carbocycles. The molecule has 0 aliphatic carbocycles. The zero-order valence-corrected chi connectivity index (χ0v) is 7.77. The van der Waals surface area contributed by atoms with Crippen LogP contribution in [0.15, 0.2) is 12.2 Å². The number of aliphatic hydroxyl groups is 1. The van der Waals surface area contributed by atoms with Crippen molar-refractivity contribution in [3.05, 3.63) is 12.2 Å². The van der Waals surface area contributed by atoms with E-state index in [2.05, 4.69) is 0 Å². The maximum atomic E-state index is 9.08. The van der Waals surface area contributed by atoms with Crippen LogP contribution in [0.4, 0.5) is 0 Å². The lowest BCUT2D eigenvalue weighted by Gasteiger charge is -2.20. The summed E-state index contributed by atoms with van der Waals surface area (Å²) in [6.45, 7) is 4.24. The predicted molar refractivity (Wildman–Crippen MR) is 44.9 cm³/mol. The highest BCUT2D eigenvalue weighted by atomic mass is 16.8. The van der Waals surface area contributed by atoms with Gasteiger partial charge in [-0.15, -0.1) is 0 Å². The molecule has 1 N–H and O–H groups in total. The van der Waals surface area contributed by atoms with Crippen LogP contribution in [0, 0.1) is 0 Å². The molecule has 4 heteroatoms. The Labute approximate surface area is 77.1 Å². The van der Waals surface area contributed by atoms with Crippen LogP contribution in [-0.4, -0.2) is 36.0 Å². The van der Waals surface area contributed by atoms with Crippen molar-refractivity contribution < 1.29 is 19.3 Å². The fourth-order valence-electron chi connectivity index (χ4n) is 1.55. The van der Waals surface area contributed by atoms with Crippen LogP contribution in [0.1, 0.15) is 13.8 Å². The Morgan fingerprint density at radius 1 is 1.38 bits per heavy atom. The monoisotopic (exact) mass is 186 g/mol. The topological polar surface area (TPSA) is 47.9 Å². The first kappa shape index (κ1) is 9.15. The number of ether oxygens (including phenoxy) is 3. The van der Waals surface area contributed by atoms with E-state index in [4.69, 9.17) is 19.3 Å². The Morgan fingerprint density at radius 2 is 2.15 bits per heavy atom. The van der Waals surface area contributed by atoms with E-state index >= 15 is 0 Å². The van der Waals surface area contributed by atoms with E-state index in [0.717, 1.165) is 0 Å². The standard InChI is InChI=1S/C9H14O4/c1-9(2)11-5-7(13-9)6-3-4-8(10)12-6/h3-4,6-8,10H,5H2,1-2H3. The molecule has 2 rings (SSSR count). The molecule has 1 fully saturated rings. The fourth-order valence-corrected chi connectivity index (χ4v) is 1.55. The van der Waals surface area contributed by atoms with Gasteiger partial charge in [0.1, 0.15) is 12.2 Å². The maximum Gasteiger partial charge on any atom is 0.175 e. The summed E-state index contributed by atoms with van der Waals surface area (Å²) in [4.78, 5) is 0. The largest absolute Gasteiger partial charge is 0.365 e. The molecule has 13 heavy (non-hydrogen) atoms. The van der Waals surface area contributed by atoms with Gasteiger partial charge in [0.15, 0.2) is 12.1 Å². The molecule has 2 aliphatic rings. The van der Waals surface area contributed by atoms with Crippen molar-refractivity contribution in [3.8, 4) is 0 Å². The molecule has 2 heterocycles. The van der Waals surface area contributed by atoms with Crippen molar-refractivity contribution in [2.24, 2.45) is 0 Å². The number of hydrogen-bond acceptors (Lipinski definition) is 4. The van der Waals surface area contributed by atoms with Crippen molar-refractivity contribution >= 4 is 0 Å². The number of hydrogen-bond donors (Lipinski definition) is 1. The Balaban J connectivity index is 1.94. The lowest BCUT2D eigenvalue weighted by Crippen LogP contribution is -2.31. The zero-order valence-electron chi connectivity index (χ0n) is 7.77. The molecule has 1 saturated heterocycles. The average molecular weight is 186 g/mol. The first-order valence-electron chi connectivity index (χ1n) is 4.40. The van der Waals surface area contributed by atoms with Crippen molar-refractivity contribution in [3.63, 3.8) is 0 Å². The first-order chi connectivity index (χ1) is 6.07. The molecule has 2 aliphatic heterocycles. The van der Waals surface area contributed by atoms with Gasteiger partial charge in [0.25, 0.3) is 0 Å². The summed E-state index contributed by atoms with van der Waals surface area (Å²) in [5.74, 6) is -0.532. The quantitative estimate of drug-likeness (QED) is 0.602. The van der Waals surface area contributed by atoms with E-state index in [1.807, 2.05) is 13.8 Å². The molecule has 0 aromatic rings. The van der Waals surface area contributed by atoms with Gasteiger partial charge in [-0.1, -0.05) is 6.08 Å². The number of rotatable bonds is 1. The van der Waals surface area contributed by atoms with Crippen LogP contribution in [-0.2, 0) is 14.2 Å². The third kappa shape index (κ3) is 1.91. The normalized spacial score (nSPS) is 42.8. The maximum absolute atomic E-state index is 9.08. The predicted octanol–water partition coefficient (Wildman–Crippen LogP) is 0.411. The number of aliphatic hydroxyl groups excluding tert-OH is 1. The summed E-state index contributed by atoms with van der Waals surface area (Å²) in [7, 11) is 0. The van der Waals surface area contributed by atoms with Crippen molar-refractivity contribution in [2.45, 2.75) is 38.1 Å². The molecule has 74 valence electrons. The highest BCUT2D eigenvalue weighted by Gasteiger charge is 2.38. The Kier molecular flexibility index (Phi) is 2.15. The van der Waals surface area contributed by atoms with Gasteiger partial charge in [0.05, 0.1) is 6.61 Å². The third-order valence-electron chi connectivity index (χ3n) is 2.16. The molecular formula is C9H14O4. The van der Waals surface area contributed by atoms with Gasteiger partial charge < -0.3 is 19.3 Å². The Morgan fingerprint density at radius 3 is 2.62 bits per heavy atom. The van der Waals surface area contributed by atoms with E-state index in [0.29, 0.717) is 6.61 Å². The minimum absolute atomic E-state index is 0.108. The highest BCUT2D eigenvalue weighted by molar-refractivity contribution is 5.02. The molecule has 0 spiro atoms. The molecule has 0 saturated carbocycles. The van der Waals surface area contributed by atoms with Crippen LogP contribution < -0.4 is 0 Å². The molecule has 0 aromatic heterocycles. The third-order valence-corrected chi connectivity index (χ3v) is 2.16. The summed E-state index contributed by atoms with van der Waals surface area (Å²) in [6.07, 6.45) is 2.33. The van der Waals surface area contributed by atoms with Crippen molar-refractivity contribution in [2.75, 3.05) is 6.61 Å². The SMILES string of the molecule is CC1(C)OCC(C2C=CC(O)O2)O1. The second kappa shape index (κ2) is 3.06. The smallest absolute Gasteiger partial charge is 0.175 e. The summed E-state index contributed by atoms with van der Waals surface area (Å²) in [5.41, 5.74) is 0. The van der Waals surface area contributed by atoms with Gasteiger partial charge in [0.2, 0.25) is 0 Å². The molecule has 3 atom stereocenters. The Hall–Kier alpha value is -0.420. The van der Waals surface area contributed by atoms with E-state index in [1.54, 1.807) is 12.2 Å². The minimum atomic E-state index is -0.794. The highest BCUT2D eigenvalue weighted by Crippen LogP contribution is 2.27. The zero-order chi connectivity index (χ0) is 9.47. The molecular weight excluding hydrogens is 172 g/mol. The van der Waals surface area contributed by atoms with Crippen LogP contribution in [0.25, 0.3) is 0 Å². The fraction of sp³-hybridized carbons (Fsp3) is 0.778. The minimum Gasteiger partial charge on any atom is -0.365 e. The summed E-state index contributed by atoms with van der Waals surface area (Å²) < 4.78 is 16.1. The Bertz CT molecular complexity index is 224. The summed E-state index contributed by atoms with van der Waals surface area (Å²) in [6, 6.07) is 0. The molecule has 3 unspecified atom stereocenters. The van der Waals surface area contributed by atoms with Crippen molar-refractivity contribution in [1.82, 2.24) is 0 Å². The van der Waals surface area contributed by atoms with Gasteiger partial charge in [-0.3, -0.25) is 0 Å². The first-order valence-corrected chi connectivity index (χ1v) is 4.40. The van der Waals surface area contributed by atoms with Crippen LogP contribution >= 0.6 is 0 Å². The molecule has 4 nitrogen and oxygen atoms in total. The second-order valence-electron chi connectivity index (χ2n) is 3.74. The van der Waals surface area contributed by atoms with Gasteiger partial charge >= 0.3 is 0 Å². The van der Waals surface area contributed by atoms with Gasteiger partial charge in [0, 0.05) is 0 Å². The summed E-state index contributed by atoms with van der Waals surface area (Å²) >= 11 is 0. The molecule has 0 bridgehead atoms. The van der Waals surface area contributed by atoms with E-state index in [1.165, 1.54) is 0 Å². The van der Waals surface area contributed by atoms with Crippen LogP contribution in [0.2, 0.25) is 0 Å². The van der Waals surface area contributed by atoms with Crippen LogP contribution in [0.5, 0.6) is 0 Å². The van der Waals surface area contributed by atoms with Gasteiger partial charge in [-0.05, 0) is 19.9 Å². The summed E-state index contributed by atoms with van der Waals surface area (Å²) in [5, 5.41) is 9.08. The lowest BCUT2D eigenvalue weighted by molar-refractivity contribution is -0.164. The van der Waals surface area contributed by atoms with Crippen molar-refractivity contribution in [1.29, 1.82) is 0 Å².